The maximum absolute atomic E-state index is 12.3. The summed E-state index contributed by atoms with van der Waals surface area (Å²) in [6, 6.07) is 16.6. The zero-order valence-corrected chi connectivity index (χ0v) is 18.6. The number of methoxy groups -OCH3 is 1. The number of carbonyl (C=O) groups excluding carboxylic acids is 3. The number of nitro groups is 1. The summed E-state index contributed by atoms with van der Waals surface area (Å²) >= 11 is 0. The molecule has 0 radical (unpaired) electrons. The molecule has 0 aliphatic rings. The van der Waals surface area contributed by atoms with E-state index in [2.05, 4.69) is 5.32 Å². The molecule has 3 aromatic rings. The Morgan fingerprint density at radius 1 is 1.03 bits per heavy atom. The Hall–Kier alpha value is -4.47. The van der Waals surface area contributed by atoms with E-state index in [1.165, 1.54) is 23.1 Å². The van der Waals surface area contributed by atoms with Crippen molar-refractivity contribution in [1.29, 1.82) is 0 Å². The van der Waals surface area contributed by atoms with E-state index in [9.17, 15) is 24.5 Å². The summed E-state index contributed by atoms with van der Waals surface area (Å²) in [5.41, 5.74) is 0.700. The molecule has 0 saturated heterocycles. The number of fused-ring (bicyclic) bond motifs is 1. The van der Waals surface area contributed by atoms with E-state index in [-0.39, 0.29) is 11.3 Å². The molecular weight excluding hydrogens is 442 g/mol. The highest BCUT2D eigenvalue weighted by Crippen LogP contribution is 2.22. The first-order valence-corrected chi connectivity index (χ1v) is 10.3. The highest BCUT2D eigenvalue weighted by Gasteiger charge is 2.15. The van der Waals surface area contributed by atoms with Gasteiger partial charge in [-0.25, -0.2) is 0 Å². The second-order valence-corrected chi connectivity index (χ2v) is 7.45. The van der Waals surface area contributed by atoms with Gasteiger partial charge in [0.1, 0.15) is 12.3 Å². The van der Waals surface area contributed by atoms with Gasteiger partial charge in [-0.1, -0.05) is 24.3 Å². The van der Waals surface area contributed by atoms with Crippen LogP contribution in [0.2, 0.25) is 0 Å². The van der Waals surface area contributed by atoms with E-state index in [1.807, 2.05) is 36.4 Å². The van der Waals surface area contributed by atoms with Gasteiger partial charge in [-0.3, -0.25) is 24.5 Å². The number of ether oxygens (including phenoxy) is 2. The average molecular weight is 465 g/mol. The van der Waals surface area contributed by atoms with Crippen molar-refractivity contribution in [2.24, 2.45) is 0 Å². The third-order valence-corrected chi connectivity index (χ3v) is 5.03. The Morgan fingerprint density at radius 3 is 2.50 bits per heavy atom. The van der Waals surface area contributed by atoms with Crippen LogP contribution in [-0.2, 0) is 20.9 Å². The quantitative estimate of drug-likeness (QED) is 0.292. The van der Waals surface area contributed by atoms with E-state index in [0.717, 1.165) is 28.2 Å². The van der Waals surface area contributed by atoms with Crippen LogP contribution in [0.5, 0.6) is 5.75 Å². The number of likely N-dealkylation sites (N-methyl/N-ethyl adjacent to an activating group) is 1. The van der Waals surface area contributed by atoms with Crippen molar-refractivity contribution >= 4 is 34.2 Å². The fourth-order valence-electron chi connectivity index (χ4n) is 3.18. The van der Waals surface area contributed by atoms with E-state index < -0.39 is 35.9 Å². The van der Waals surface area contributed by atoms with Gasteiger partial charge in [0.05, 0.1) is 12.0 Å². The van der Waals surface area contributed by atoms with Crippen LogP contribution < -0.4 is 10.1 Å². The molecule has 0 atom stereocenters. The van der Waals surface area contributed by atoms with E-state index >= 15 is 0 Å². The molecule has 0 spiro atoms. The summed E-state index contributed by atoms with van der Waals surface area (Å²) in [6.07, 6.45) is 0. The first-order valence-electron chi connectivity index (χ1n) is 10.3. The number of rotatable bonds is 9. The third kappa shape index (κ3) is 6.28. The van der Waals surface area contributed by atoms with Crippen LogP contribution in [0.15, 0.2) is 60.7 Å². The van der Waals surface area contributed by atoms with Gasteiger partial charge in [0, 0.05) is 31.3 Å². The maximum Gasteiger partial charge on any atom is 0.325 e. The minimum atomic E-state index is -0.805. The highest BCUT2D eigenvalue weighted by molar-refractivity contribution is 5.96. The third-order valence-electron chi connectivity index (χ3n) is 5.03. The fourth-order valence-corrected chi connectivity index (χ4v) is 3.18. The molecule has 0 aromatic heterocycles. The summed E-state index contributed by atoms with van der Waals surface area (Å²) in [5, 5.41) is 15.1. The molecule has 10 heteroatoms. The minimum Gasteiger partial charge on any atom is -0.497 e. The van der Waals surface area contributed by atoms with Crippen molar-refractivity contribution in [3.05, 3.63) is 81.9 Å². The van der Waals surface area contributed by atoms with Crippen molar-refractivity contribution in [2.75, 3.05) is 27.3 Å². The molecule has 2 amide bonds. The number of carbonyl (C=O) groups is 3. The minimum absolute atomic E-state index is 0.0339. The lowest BCUT2D eigenvalue weighted by molar-refractivity contribution is -0.384. The summed E-state index contributed by atoms with van der Waals surface area (Å²) in [6.45, 7) is -0.638. The molecule has 0 bridgehead atoms. The van der Waals surface area contributed by atoms with Crippen molar-refractivity contribution in [1.82, 2.24) is 10.2 Å². The maximum atomic E-state index is 12.3. The second-order valence-electron chi connectivity index (χ2n) is 7.45. The number of nitro benzene ring substituents is 1. The summed E-state index contributed by atoms with van der Waals surface area (Å²) in [4.78, 5) is 47.9. The van der Waals surface area contributed by atoms with Gasteiger partial charge in [-0.05, 0) is 40.6 Å². The molecule has 0 fully saturated rings. The first-order chi connectivity index (χ1) is 16.3. The summed E-state index contributed by atoms with van der Waals surface area (Å²) in [7, 11) is 3.20. The van der Waals surface area contributed by atoms with Crippen molar-refractivity contribution in [3.63, 3.8) is 0 Å². The van der Waals surface area contributed by atoms with Crippen LogP contribution in [-0.4, -0.2) is 54.9 Å². The summed E-state index contributed by atoms with van der Waals surface area (Å²) < 4.78 is 10.2. The fraction of sp³-hybridized carbons (Fsp3) is 0.208. The standard InChI is InChI=1S/C24H23N3O7/c1-26(14-16-6-7-18-12-21(33-2)9-8-17(18)10-16)22(28)15-34-23(29)13-25-24(30)19-4-3-5-20(11-19)27(31)32/h3-12H,13-15H2,1-2H3,(H,25,30). The van der Waals surface area contributed by atoms with Crippen molar-refractivity contribution in [3.8, 4) is 5.75 Å². The molecule has 0 aliphatic carbocycles. The smallest absolute Gasteiger partial charge is 0.325 e. The number of benzene rings is 3. The van der Waals surface area contributed by atoms with Crippen molar-refractivity contribution in [2.45, 2.75) is 6.54 Å². The van der Waals surface area contributed by atoms with Crippen LogP contribution in [0.25, 0.3) is 10.8 Å². The number of hydrogen-bond acceptors (Lipinski definition) is 7. The molecule has 34 heavy (non-hydrogen) atoms. The zero-order valence-electron chi connectivity index (χ0n) is 18.6. The van der Waals surface area contributed by atoms with Crippen LogP contribution >= 0.6 is 0 Å². The number of esters is 1. The molecule has 0 heterocycles. The predicted molar refractivity (Wildman–Crippen MR) is 123 cm³/mol. The van der Waals surface area contributed by atoms with Gasteiger partial charge in [-0.15, -0.1) is 0 Å². The number of nitrogens with zero attached hydrogens (tertiary/aromatic N) is 2. The lowest BCUT2D eigenvalue weighted by Crippen LogP contribution is -2.34. The Morgan fingerprint density at radius 2 is 1.76 bits per heavy atom. The lowest BCUT2D eigenvalue weighted by Gasteiger charge is -2.17. The van der Waals surface area contributed by atoms with E-state index in [0.29, 0.717) is 6.54 Å². The molecule has 1 N–H and O–H groups in total. The Balaban J connectivity index is 1.46. The molecule has 176 valence electrons. The van der Waals surface area contributed by atoms with E-state index in [1.54, 1.807) is 14.2 Å². The number of amides is 2. The summed E-state index contributed by atoms with van der Waals surface area (Å²) in [5.74, 6) is -1.12. The molecular formula is C24H23N3O7. The molecule has 10 nitrogen and oxygen atoms in total. The van der Waals surface area contributed by atoms with Gasteiger partial charge in [0.25, 0.3) is 17.5 Å². The van der Waals surface area contributed by atoms with Crippen LogP contribution in [0.4, 0.5) is 5.69 Å². The lowest BCUT2D eigenvalue weighted by atomic mass is 10.1. The van der Waals surface area contributed by atoms with Crippen LogP contribution in [0.1, 0.15) is 15.9 Å². The monoisotopic (exact) mass is 465 g/mol. The topological polar surface area (TPSA) is 128 Å². The molecule has 3 rings (SSSR count). The Bertz CT molecular complexity index is 1240. The Labute approximate surface area is 195 Å². The van der Waals surface area contributed by atoms with Crippen LogP contribution in [0, 0.1) is 10.1 Å². The highest BCUT2D eigenvalue weighted by atomic mass is 16.6. The van der Waals surface area contributed by atoms with E-state index in [4.69, 9.17) is 9.47 Å². The predicted octanol–water partition coefficient (Wildman–Crippen LogP) is 2.69. The van der Waals surface area contributed by atoms with Gasteiger partial charge < -0.3 is 19.7 Å². The average Bonchev–Trinajstić information content (AvgIpc) is 2.85. The van der Waals surface area contributed by atoms with Gasteiger partial charge in [0.2, 0.25) is 0 Å². The number of non-ortho nitro benzene ring substituents is 1. The molecule has 0 unspecified atom stereocenters. The second kappa shape index (κ2) is 10.9. The normalized spacial score (nSPS) is 10.4. The van der Waals surface area contributed by atoms with Crippen molar-refractivity contribution < 1.29 is 28.8 Å². The molecule has 0 aliphatic heterocycles. The zero-order chi connectivity index (χ0) is 24.7. The number of nitrogens with one attached hydrogen (secondary N) is 1. The molecule has 0 saturated carbocycles. The van der Waals surface area contributed by atoms with Crippen LogP contribution in [0.3, 0.4) is 0 Å². The SMILES string of the molecule is COc1ccc2cc(CN(C)C(=O)COC(=O)CNC(=O)c3cccc([N+](=O)[O-])c3)ccc2c1. The Kier molecular flexibility index (Phi) is 7.75. The van der Waals surface area contributed by atoms with Gasteiger partial charge >= 0.3 is 5.97 Å². The largest absolute Gasteiger partial charge is 0.497 e. The van der Waals surface area contributed by atoms with Gasteiger partial charge in [0.15, 0.2) is 6.61 Å². The number of hydrogen-bond donors (Lipinski definition) is 1. The van der Waals surface area contributed by atoms with Gasteiger partial charge in [-0.2, -0.15) is 0 Å². The first kappa shape index (κ1) is 24.2. The molecule has 3 aromatic carbocycles.